The molecule has 0 aliphatic carbocycles. The molecule has 0 unspecified atom stereocenters. The Morgan fingerprint density at radius 3 is 2.73 bits per heavy atom. The van der Waals surface area contributed by atoms with Crippen molar-refractivity contribution in [3.63, 3.8) is 0 Å². The highest BCUT2D eigenvalue weighted by Crippen LogP contribution is 2.17. The molecular weight excluding hydrogens is 495 g/mol. The maximum Gasteiger partial charge on any atom is 0.293 e. The SMILES string of the molecule is Cc1ccccc1Cn1cnc(NC(=O)c2ccc(COc3ccc(I)cc3)o2)n1. The Labute approximate surface area is 187 Å². The lowest BCUT2D eigenvalue weighted by atomic mass is 10.1. The molecule has 8 heteroatoms. The molecule has 0 spiro atoms. The number of benzene rings is 2. The summed E-state index contributed by atoms with van der Waals surface area (Å²) >= 11 is 2.23. The minimum absolute atomic E-state index is 0.173. The van der Waals surface area contributed by atoms with E-state index < -0.39 is 5.91 Å². The second kappa shape index (κ2) is 9.12. The zero-order valence-corrected chi connectivity index (χ0v) is 18.4. The molecule has 4 rings (SSSR count). The van der Waals surface area contributed by atoms with E-state index in [9.17, 15) is 4.79 Å². The van der Waals surface area contributed by atoms with Crippen molar-refractivity contribution in [2.45, 2.75) is 20.1 Å². The van der Waals surface area contributed by atoms with E-state index in [1.54, 1.807) is 23.1 Å². The number of amides is 1. The zero-order chi connectivity index (χ0) is 20.9. The van der Waals surface area contributed by atoms with Gasteiger partial charge in [-0.25, -0.2) is 9.67 Å². The van der Waals surface area contributed by atoms with Gasteiger partial charge in [-0.2, -0.15) is 0 Å². The number of aryl methyl sites for hydroxylation is 1. The Morgan fingerprint density at radius 1 is 1.13 bits per heavy atom. The Bertz CT molecular complexity index is 1150. The van der Waals surface area contributed by atoms with Gasteiger partial charge in [0.2, 0.25) is 5.95 Å². The van der Waals surface area contributed by atoms with Crippen LogP contribution in [0.3, 0.4) is 0 Å². The summed E-state index contributed by atoms with van der Waals surface area (Å²) in [5.41, 5.74) is 2.32. The lowest BCUT2D eigenvalue weighted by Crippen LogP contribution is -2.12. The molecule has 30 heavy (non-hydrogen) atoms. The number of halogens is 1. The van der Waals surface area contributed by atoms with Crippen LogP contribution in [-0.2, 0) is 13.2 Å². The van der Waals surface area contributed by atoms with Gasteiger partial charge < -0.3 is 9.15 Å². The highest BCUT2D eigenvalue weighted by atomic mass is 127. The topological polar surface area (TPSA) is 82.2 Å². The molecule has 0 saturated heterocycles. The molecule has 0 saturated carbocycles. The lowest BCUT2D eigenvalue weighted by Gasteiger charge is -2.04. The largest absolute Gasteiger partial charge is 0.486 e. The van der Waals surface area contributed by atoms with Gasteiger partial charge in [0.1, 0.15) is 24.4 Å². The Balaban J connectivity index is 1.34. The standard InChI is InChI=1S/C22H19IN4O3/c1-15-4-2-3-5-16(15)12-27-14-24-22(26-27)25-21(28)20-11-10-19(30-20)13-29-18-8-6-17(23)7-9-18/h2-11,14H,12-13H2,1H3,(H,25,26,28). The Kier molecular flexibility index (Phi) is 6.12. The van der Waals surface area contributed by atoms with Crippen LogP contribution in [0.4, 0.5) is 5.95 Å². The third kappa shape index (κ3) is 5.07. The monoisotopic (exact) mass is 514 g/mol. The summed E-state index contributed by atoms with van der Waals surface area (Å²) < 4.78 is 14.1. The van der Waals surface area contributed by atoms with Crippen LogP contribution in [0.2, 0.25) is 0 Å². The van der Waals surface area contributed by atoms with Gasteiger partial charge in [0.25, 0.3) is 5.91 Å². The van der Waals surface area contributed by atoms with Crippen LogP contribution >= 0.6 is 22.6 Å². The van der Waals surface area contributed by atoms with Crippen molar-refractivity contribution in [2.24, 2.45) is 0 Å². The second-order valence-corrected chi connectivity index (χ2v) is 7.90. The van der Waals surface area contributed by atoms with Crippen molar-refractivity contribution in [2.75, 3.05) is 5.32 Å². The second-order valence-electron chi connectivity index (χ2n) is 6.65. The molecule has 1 amide bonds. The molecule has 0 atom stereocenters. The number of ether oxygens (including phenoxy) is 1. The van der Waals surface area contributed by atoms with E-state index in [1.165, 1.54) is 5.56 Å². The van der Waals surface area contributed by atoms with Crippen molar-refractivity contribution in [1.29, 1.82) is 0 Å². The van der Waals surface area contributed by atoms with E-state index >= 15 is 0 Å². The van der Waals surface area contributed by atoms with Crippen molar-refractivity contribution in [3.8, 4) is 5.75 Å². The van der Waals surface area contributed by atoms with Crippen LogP contribution in [0.15, 0.2) is 71.4 Å². The van der Waals surface area contributed by atoms with Gasteiger partial charge in [-0.15, -0.1) is 5.10 Å². The van der Waals surface area contributed by atoms with E-state index in [-0.39, 0.29) is 18.3 Å². The predicted molar refractivity (Wildman–Crippen MR) is 120 cm³/mol. The summed E-state index contributed by atoms with van der Waals surface area (Å²) in [5.74, 6) is 1.27. The normalized spacial score (nSPS) is 10.7. The molecule has 7 nitrogen and oxygen atoms in total. The number of nitrogens with one attached hydrogen (secondary N) is 1. The number of rotatable bonds is 7. The number of anilines is 1. The van der Waals surface area contributed by atoms with Crippen molar-refractivity contribution in [1.82, 2.24) is 14.8 Å². The number of carbonyl (C=O) groups is 1. The summed E-state index contributed by atoms with van der Waals surface area (Å²) in [6.07, 6.45) is 1.59. The lowest BCUT2D eigenvalue weighted by molar-refractivity contribution is 0.0991. The van der Waals surface area contributed by atoms with E-state index in [0.717, 1.165) is 14.9 Å². The van der Waals surface area contributed by atoms with Crippen LogP contribution in [0.5, 0.6) is 5.75 Å². The fourth-order valence-electron chi connectivity index (χ4n) is 2.82. The summed E-state index contributed by atoms with van der Waals surface area (Å²) in [4.78, 5) is 16.6. The van der Waals surface area contributed by atoms with Gasteiger partial charge in [-0.3, -0.25) is 10.1 Å². The molecule has 2 aromatic carbocycles. The molecule has 2 aromatic heterocycles. The van der Waals surface area contributed by atoms with Gasteiger partial charge in [0.15, 0.2) is 5.76 Å². The van der Waals surface area contributed by atoms with Gasteiger partial charge >= 0.3 is 0 Å². The highest BCUT2D eigenvalue weighted by Gasteiger charge is 2.14. The molecule has 2 heterocycles. The molecule has 0 fully saturated rings. The van der Waals surface area contributed by atoms with Crippen molar-refractivity contribution >= 4 is 34.4 Å². The van der Waals surface area contributed by atoms with E-state index in [2.05, 4.69) is 38.0 Å². The van der Waals surface area contributed by atoms with Crippen molar-refractivity contribution < 1.29 is 13.9 Å². The first-order valence-electron chi connectivity index (χ1n) is 9.29. The average Bonchev–Trinajstić information content (AvgIpc) is 3.39. The maximum absolute atomic E-state index is 12.4. The van der Waals surface area contributed by atoms with Gasteiger partial charge in [0, 0.05) is 3.57 Å². The van der Waals surface area contributed by atoms with Crippen molar-refractivity contribution in [3.05, 3.63) is 93.2 Å². The molecule has 0 aliphatic heterocycles. The van der Waals surface area contributed by atoms with E-state index in [0.29, 0.717) is 12.3 Å². The van der Waals surface area contributed by atoms with Crippen LogP contribution in [-0.4, -0.2) is 20.7 Å². The molecule has 4 aromatic rings. The average molecular weight is 514 g/mol. The number of nitrogens with zero attached hydrogens (tertiary/aromatic N) is 3. The van der Waals surface area contributed by atoms with Crippen LogP contribution < -0.4 is 10.1 Å². The van der Waals surface area contributed by atoms with Crippen LogP contribution in [0.1, 0.15) is 27.4 Å². The molecule has 0 radical (unpaired) electrons. The molecular formula is C22H19IN4O3. The number of hydrogen-bond acceptors (Lipinski definition) is 5. The number of hydrogen-bond donors (Lipinski definition) is 1. The van der Waals surface area contributed by atoms with Crippen LogP contribution in [0, 0.1) is 10.5 Å². The minimum Gasteiger partial charge on any atom is -0.486 e. The summed E-state index contributed by atoms with van der Waals surface area (Å²) in [7, 11) is 0. The predicted octanol–water partition coefficient (Wildman–Crippen LogP) is 4.66. The summed E-state index contributed by atoms with van der Waals surface area (Å²) in [6.45, 7) is 2.86. The molecule has 0 aliphatic rings. The van der Waals surface area contributed by atoms with Gasteiger partial charge in [-0.1, -0.05) is 24.3 Å². The number of carbonyl (C=O) groups excluding carboxylic acids is 1. The quantitative estimate of drug-likeness (QED) is 0.363. The molecule has 1 N–H and O–H groups in total. The highest BCUT2D eigenvalue weighted by molar-refractivity contribution is 14.1. The maximum atomic E-state index is 12.4. The summed E-state index contributed by atoms with van der Waals surface area (Å²) in [6, 6.07) is 19.1. The zero-order valence-electron chi connectivity index (χ0n) is 16.2. The fourth-order valence-corrected chi connectivity index (χ4v) is 3.18. The van der Waals surface area contributed by atoms with Crippen LogP contribution in [0.25, 0.3) is 0 Å². The third-order valence-corrected chi connectivity index (χ3v) is 5.15. The first-order chi connectivity index (χ1) is 14.6. The third-order valence-electron chi connectivity index (χ3n) is 4.44. The Morgan fingerprint density at radius 2 is 1.93 bits per heavy atom. The van der Waals surface area contributed by atoms with E-state index in [4.69, 9.17) is 9.15 Å². The molecule has 0 bridgehead atoms. The van der Waals surface area contributed by atoms with Gasteiger partial charge in [-0.05, 0) is 77.0 Å². The number of furan rings is 1. The summed E-state index contributed by atoms with van der Waals surface area (Å²) in [5, 5.41) is 6.96. The number of aromatic nitrogens is 3. The van der Waals surface area contributed by atoms with E-state index in [1.807, 2.05) is 55.5 Å². The smallest absolute Gasteiger partial charge is 0.293 e. The van der Waals surface area contributed by atoms with Gasteiger partial charge in [0.05, 0.1) is 6.54 Å². The first-order valence-corrected chi connectivity index (χ1v) is 10.4. The molecule has 152 valence electrons. The fraction of sp³-hybridized carbons (Fsp3) is 0.136. The Hall–Kier alpha value is -3.14. The first kappa shape index (κ1) is 20.1. The minimum atomic E-state index is -0.413.